The van der Waals surface area contributed by atoms with Crippen LogP contribution in [0.1, 0.15) is 32.3 Å². The standard InChI is InChI=1S/C21H24Cl2N6O4S.C2HF3O2/c1-10-13(22)14(23)15(24-10)18(30)25-11-5-6-29(9-12(11)33-4)21-26-16(17(34-21)20(31)32)19-27(2)7-8-28(19)3;3-2(4,5)1(6)7/h7-8,11-12H,5-6,9H2,1-4H3,(H2-,24,25,30,31,32);(H,6,7)/t11-,12+;/m1./s1. The number of methoxy groups -OCH3 is 1. The normalized spacial score (nSPS) is 17.1. The Kier molecular flexibility index (Phi) is 9.94. The number of aromatic amines is 1. The molecule has 3 aromatic heterocycles. The minimum atomic E-state index is -5.19. The van der Waals surface area contributed by atoms with Crippen molar-refractivity contribution < 1.29 is 47.1 Å². The number of hydrogen-bond donors (Lipinski definition) is 3. The number of halogens is 5. The summed E-state index contributed by atoms with van der Waals surface area (Å²) in [5, 5.41) is 22.7. The molecule has 1 fully saturated rings. The monoisotopic (exact) mass is 640 g/mol. The third kappa shape index (κ3) is 7.12. The van der Waals surface area contributed by atoms with E-state index in [0.717, 1.165) is 11.3 Å². The molecule has 41 heavy (non-hydrogen) atoms. The number of aromatic nitrogens is 4. The van der Waals surface area contributed by atoms with Crippen molar-refractivity contribution in [2.24, 2.45) is 14.1 Å². The number of carboxylic acids is 2. The van der Waals surface area contributed by atoms with Gasteiger partial charge >= 0.3 is 18.0 Å². The summed E-state index contributed by atoms with van der Waals surface area (Å²) in [5.41, 5.74) is 1.25. The Morgan fingerprint density at radius 2 is 1.95 bits per heavy atom. The molecule has 1 aliphatic heterocycles. The fraction of sp³-hybridized carbons (Fsp3) is 0.435. The van der Waals surface area contributed by atoms with Gasteiger partial charge in [-0.2, -0.15) is 13.2 Å². The molecule has 2 atom stereocenters. The van der Waals surface area contributed by atoms with Gasteiger partial charge in [0.2, 0.25) is 0 Å². The Labute approximate surface area is 245 Å². The lowest BCUT2D eigenvalue weighted by Crippen LogP contribution is -2.55. The highest BCUT2D eigenvalue weighted by Crippen LogP contribution is 2.34. The number of nitrogens with one attached hydrogen (secondary N) is 2. The van der Waals surface area contributed by atoms with E-state index in [0.29, 0.717) is 46.9 Å². The van der Waals surface area contributed by atoms with Crippen LogP contribution in [0.2, 0.25) is 10.0 Å². The molecule has 0 spiro atoms. The minimum Gasteiger partial charge on any atom is -0.542 e. The van der Waals surface area contributed by atoms with E-state index in [4.69, 9.17) is 37.8 Å². The van der Waals surface area contributed by atoms with Gasteiger partial charge < -0.3 is 34.9 Å². The number of hydrogen-bond acceptors (Lipinski definition) is 8. The molecule has 0 bridgehead atoms. The molecule has 3 aromatic rings. The van der Waals surface area contributed by atoms with Gasteiger partial charge in [0.1, 0.15) is 28.9 Å². The van der Waals surface area contributed by atoms with E-state index >= 15 is 0 Å². The number of ether oxygens (including phenoxy) is 1. The summed E-state index contributed by atoms with van der Waals surface area (Å²) in [4.78, 5) is 43.3. The molecule has 1 saturated heterocycles. The van der Waals surface area contributed by atoms with Crippen LogP contribution < -0.4 is 19.9 Å². The van der Waals surface area contributed by atoms with Crippen LogP contribution >= 0.6 is 34.5 Å². The third-order valence-electron chi connectivity index (χ3n) is 6.17. The number of alkyl halides is 3. The number of aromatic carboxylic acids is 1. The molecule has 0 aliphatic carbocycles. The quantitative estimate of drug-likeness (QED) is 0.345. The van der Waals surface area contributed by atoms with E-state index in [1.165, 1.54) is 0 Å². The third-order valence-corrected chi connectivity index (χ3v) is 8.22. The molecule has 18 heteroatoms. The fourth-order valence-corrected chi connectivity index (χ4v) is 5.48. The summed E-state index contributed by atoms with van der Waals surface area (Å²) in [7, 11) is 5.27. The maximum atomic E-state index is 12.8. The average Bonchev–Trinajstić information content (AvgIpc) is 3.55. The van der Waals surface area contributed by atoms with Crippen LogP contribution in [-0.4, -0.2) is 76.0 Å². The van der Waals surface area contributed by atoms with Gasteiger partial charge in [-0.15, -0.1) is 0 Å². The van der Waals surface area contributed by atoms with Gasteiger partial charge in [0.15, 0.2) is 10.8 Å². The zero-order valence-corrected chi connectivity index (χ0v) is 24.3. The van der Waals surface area contributed by atoms with Crippen LogP contribution in [-0.2, 0) is 23.6 Å². The maximum Gasteiger partial charge on any atom is 0.430 e. The van der Waals surface area contributed by atoms with E-state index in [-0.39, 0.29) is 33.6 Å². The Morgan fingerprint density at radius 3 is 2.41 bits per heavy atom. The van der Waals surface area contributed by atoms with Crippen molar-refractivity contribution in [1.29, 1.82) is 0 Å². The zero-order valence-electron chi connectivity index (χ0n) is 22.0. The molecule has 1 aliphatic rings. The van der Waals surface area contributed by atoms with Crippen molar-refractivity contribution in [2.75, 3.05) is 25.1 Å². The molecule has 3 N–H and O–H groups in total. The number of nitrogens with zero attached hydrogens (tertiary/aromatic N) is 4. The van der Waals surface area contributed by atoms with Crippen LogP contribution in [0.4, 0.5) is 18.3 Å². The number of rotatable bonds is 6. The molecule has 0 radical (unpaired) electrons. The Hall–Kier alpha value is -3.34. The molecule has 4 rings (SSSR count). The predicted octanol–water partition coefficient (Wildman–Crippen LogP) is 1.94. The van der Waals surface area contributed by atoms with Crippen molar-refractivity contribution in [1.82, 2.24) is 19.9 Å². The second-order valence-electron chi connectivity index (χ2n) is 8.95. The Morgan fingerprint density at radius 1 is 1.32 bits per heavy atom. The maximum absolute atomic E-state index is 12.8. The molecule has 12 nitrogen and oxygen atoms in total. The number of H-pyrrole nitrogens is 1. The smallest absolute Gasteiger partial charge is 0.430 e. The lowest BCUT2D eigenvalue weighted by Gasteiger charge is -2.37. The Bertz CT molecular complexity index is 1440. The van der Waals surface area contributed by atoms with Crippen molar-refractivity contribution in [3.05, 3.63) is 38.7 Å². The molecule has 0 saturated carbocycles. The largest absolute Gasteiger partial charge is 0.542 e. The van der Waals surface area contributed by atoms with Gasteiger partial charge in [-0.3, -0.25) is 4.79 Å². The molecule has 4 heterocycles. The number of piperidine rings is 1. The van der Waals surface area contributed by atoms with Crippen molar-refractivity contribution in [3.63, 3.8) is 0 Å². The molecule has 0 unspecified atom stereocenters. The highest BCUT2D eigenvalue weighted by molar-refractivity contribution is 7.17. The number of thiazole rings is 1. The summed E-state index contributed by atoms with van der Waals surface area (Å²) in [6, 6.07) is -0.267. The molecule has 1 amide bonds. The number of carbonyl (C=O) groups excluding carboxylic acids is 2. The summed E-state index contributed by atoms with van der Waals surface area (Å²) < 4.78 is 40.9. The first kappa shape index (κ1) is 32.2. The first-order valence-corrected chi connectivity index (χ1v) is 13.3. The first-order valence-electron chi connectivity index (χ1n) is 11.7. The van der Waals surface area contributed by atoms with Crippen LogP contribution in [0.25, 0.3) is 11.5 Å². The summed E-state index contributed by atoms with van der Waals surface area (Å²) in [6.07, 6.45) is -1.26. The van der Waals surface area contributed by atoms with Crippen LogP contribution in [0.15, 0.2) is 12.4 Å². The number of carbonyl (C=O) groups is 3. The highest BCUT2D eigenvalue weighted by Gasteiger charge is 2.35. The summed E-state index contributed by atoms with van der Waals surface area (Å²) in [5.74, 6) is -3.70. The number of aliphatic carboxylic acids is 1. The molecule has 224 valence electrons. The minimum absolute atomic E-state index is 0.172. The summed E-state index contributed by atoms with van der Waals surface area (Å²) in [6.45, 7) is 2.74. The average molecular weight is 641 g/mol. The van der Waals surface area contributed by atoms with Gasteiger partial charge in [-0.05, 0) is 13.3 Å². The fourth-order valence-electron chi connectivity index (χ4n) is 4.13. The predicted molar refractivity (Wildman–Crippen MR) is 140 cm³/mol. The van der Waals surface area contributed by atoms with E-state index < -0.39 is 18.1 Å². The van der Waals surface area contributed by atoms with Crippen molar-refractivity contribution in [2.45, 2.75) is 31.7 Å². The SMILES string of the molecule is CO[C@H]1CN(c2nc(-c3n(C)cc[n+]3C)c(C(=O)O)s2)CC[C@H]1NC(=O)c1[nH]c(C)c(Cl)c1Cl.O=C([O-])C(F)(F)F. The second kappa shape index (κ2) is 12.7. The first-order chi connectivity index (χ1) is 19.1. The van der Waals surface area contributed by atoms with Crippen LogP contribution in [0.3, 0.4) is 0 Å². The van der Waals surface area contributed by atoms with E-state index in [2.05, 4.69) is 15.3 Å². The highest BCUT2D eigenvalue weighted by atomic mass is 35.5. The zero-order chi connectivity index (χ0) is 30.8. The van der Waals surface area contributed by atoms with Gasteiger partial charge in [0, 0.05) is 25.9 Å². The number of imidazole rings is 1. The summed E-state index contributed by atoms with van der Waals surface area (Å²) >= 11 is 13.4. The molecular formula is C23H25Cl2F3N6O6S. The lowest BCUT2D eigenvalue weighted by atomic mass is 10.0. The van der Waals surface area contributed by atoms with Crippen LogP contribution in [0.5, 0.6) is 0 Å². The van der Waals surface area contributed by atoms with Gasteiger partial charge in [-0.25, -0.2) is 18.9 Å². The number of carboxylic acid groups (broad SMARTS) is 2. The number of anilines is 1. The van der Waals surface area contributed by atoms with E-state index in [9.17, 15) is 27.9 Å². The van der Waals surface area contributed by atoms with E-state index in [1.54, 1.807) is 14.0 Å². The van der Waals surface area contributed by atoms with E-state index in [1.807, 2.05) is 40.5 Å². The molecule has 0 aromatic carbocycles. The van der Waals surface area contributed by atoms with Gasteiger partial charge in [-0.1, -0.05) is 34.5 Å². The number of amides is 1. The number of aryl methyl sites for hydroxylation is 3. The Balaban J connectivity index is 0.000000587. The molecular weight excluding hydrogens is 616 g/mol. The second-order valence-corrected chi connectivity index (χ2v) is 10.7. The van der Waals surface area contributed by atoms with Crippen molar-refractivity contribution >= 4 is 57.5 Å². The lowest BCUT2D eigenvalue weighted by molar-refractivity contribution is -0.659. The van der Waals surface area contributed by atoms with Crippen molar-refractivity contribution in [3.8, 4) is 11.5 Å². The van der Waals surface area contributed by atoms with Crippen LogP contribution in [0, 0.1) is 6.92 Å². The van der Waals surface area contributed by atoms with Gasteiger partial charge in [0.25, 0.3) is 5.91 Å². The van der Waals surface area contributed by atoms with Gasteiger partial charge in [0.05, 0.1) is 36.3 Å². The topological polar surface area (TPSA) is 156 Å².